The first kappa shape index (κ1) is 10.3. The molecule has 0 spiro atoms. The summed E-state index contributed by atoms with van der Waals surface area (Å²) < 4.78 is 4.90. The van der Waals surface area contributed by atoms with Gasteiger partial charge in [-0.05, 0) is 18.4 Å². The molecule has 1 heterocycles. The van der Waals surface area contributed by atoms with Crippen LogP contribution in [0.2, 0.25) is 0 Å². The van der Waals surface area contributed by atoms with Gasteiger partial charge in [-0.25, -0.2) is 0 Å². The van der Waals surface area contributed by atoms with Crippen LogP contribution in [0, 0.1) is 5.92 Å². The summed E-state index contributed by atoms with van der Waals surface area (Å²) in [4.78, 5) is 0. The molecule has 1 N–H and O–H groups in total. The predicted molar refractivity (Wildman–Crippen MR) is 52.4 cm³/mol. The van der Waals surface area contributed by atoms with Crippen LogP contribution in [0.1, 0.15) is 44.8 Å². The molecule has 2 nitrogen and oxygen atoms in total. The third-order valence-corrected chi connectivity index (χ3v) is 2.19. The van der Waals surface area contributed by atoms with Gasteiger partial charge in [0, 0.05) is 5.56 Å². The normalized spacial score (nSPS) is 13.5. The summed E-state index contributed by atoms with van der Waals surface area (Å²) in [5.74, 6) is 0.719. The molecule has 1 aromatic heterocycles. The minimum atomic E-state index is -0.350. The number of hydrogen-bond acceptors (Lipinski definition) is 2. The van der Waals surface area contributed by atoms with Crippen LogP contribution in [0.4, 0.5) is 0 Å². The van der Waals surface area contributed by atoms with Crippen molar-refractivity contribution in [2.75, 3.05) is 0 Å². The Morgan fingerprint density at radius 3 is 2.69 bits per heavy atom. The monoisotopic (exact) mass is 182 g/mol. The molecule has 0 fully saturated rings. The molecular weight excluding hydrogens is 164 g/mol. The molecule has 74 valence electrons. The van der Waals surface area contributed by atoms with Gasteiger partial charge in [-0.15, -0.1) is 0 Å². The minimum absolute atomic E-state index is 0.350. The van der Waals surface area contributed by atoms with Crippen LogP contribution >= 0.6 is 0 Å². The van der Waals surface area contributed by atoms with E-state index in [-0.39, 0.29) is 6.10 Å². The second kappa shape index (κ2) is 5.07. The molecule has 0 radical (unpaired) electrons. The molecular formula is C11H18O2. The highest BCUT2D eigenvalue weighted by atomic mass is 16.3. The standard InChI is InChI=1S/C11H18O2/c1-9(2)4-3-5-11(12)10-6-7-13-8-10/h6-9,11-12H,3-5H2,1-2H3. The lowest BCUT2D eigenvalue weighted by molar-refractivity contribution is 0.161. The molecule has 0 saturated heterocycles. The Morgan fingerprint density at radius 2 is 2.15 bits per heavy atom. The smallest absolute Gasteiger partial charge is 0.0960 e. The van der Waals surface area contributed by atoms with E-state index in [9.17, 15) is 5.11 Å². The molecule has 0 aliphatic carbocycles. The summed E-state index contributed by atoms with van der Waals surface area (Å²) in [6.07, 6.45) is 5.94. The number of hydrogen-bond donors (Lipinski definition) is 1. The predicted octanol–water partition coefficient (Wildman–Crippen LogP) is 3.14. The zero-order chi connectivity index (χ0) is 9.68. The average molecular weight is 182 g/mol. The highest BCUT2D eigenvalue weighted by Gasteiger charge is 2.08. The molecule has 1 rings (SSSR count). The minimum Gasteiger partial charge on any atom is -0.472 e. The number of aliphatic hydroxyl groups excluding tert-OH is 1. The first-order valence-electron chi connectivity index (χ1n) is 4.90. The fourth-order valence-corrected chi connectivity index (χ4v) is 1.35. The molecule has 1 aromatic rings. The van der Waals surface area contributed by atoms with Gasteiger partial charge >= 0.3 is 0 Å². The Hall–Kier alpha value is -0.760. The highest BCUT2D eigenvalue weighted by molar-refractivity contribution is 5.08. The van der Waals surface area contributed by atoms with Crippen LogP contribution in [0.5, 0.6) is 0 Å². The lowest BCUT2D eigenvalue weighted by Gasteiger charge is -2.08. The Balaban J connectivity index is 2.22. The first-order valence-corrected chi connectivity index (χ1v) is 4.90. The van der Waals surface area contributed by atoms with E-state index in [1.165, 1.54) is 6.42 Å². The van der Waals surface area contributed by atoms with Crippen molar-refractivity contribution < 1.29 is 9.52 Å². The summed E-state index contributed by atoms with van der Waals surface area (Å²) in [6.45, 7) is 4.40. The second-order valence-electron chi connectivity index (χ2n) is 3.90. The van der Waals surface area contributed by atoms with E-state index < -0.39 is 0 Å². The van der Waals surface area contributed by atoms with Crippen LogP contribution in [-0.4, -0.2) is 5.11 Å². The van der Waals surface area contributed by atoms with Crippen molar-refractivity contribution in [3.8, 4) is 0 Å². The van der Waals surface area contributed by atoms with Crippen LogP contribution in [0.15, 0.2) is 23.0 Å². The maximum atomic E-state index is 9.66. The van der Waals surface area contributed by atoms with Gasteiger partial charge in [0.05, 0.1) is 18.6 Å². The van der Waals surface area contributed by atoms with E-state index in [1.54, 1.807) is 12.5 Å². The van der Waals surface area contributed by atoms with Crippen molar-refractivity contribution in [1.82, 2.24) is 0 Å². The van der Waals surface area contributed by atoms with Crippen molar-refractivity contribution in [2.45, 2.75) is 39.2 Å². The molecule has 0 saturated carbocycles. The Kier molecular flexibility index (Phi) is 4.03. The van der Waals surface area contributed by atoms with Crippen molar-refractivity contribution >= 4 is 0 Å². The largest absolute Gasteiger partial charge is 0.472 e. The third-order valence-electron chi connectivity index (χ3n) is 2.19. The van der Waals surface area contributed by atoms with Gasteiger partial charge < -0.3 is 9.52 Å². The molecule has 1 atom stereocenters. The fourth-order valence-electron chi connectivity index (χ4n) is 1.35. The van der Waals surface area contributed by atoms with Crippen LogP contribution in [0.3, 0.4) is 0 Å². The fraction of sp³-hybridized carbons (Fsp3) is 0.636. The average Bonchev–Trinajstić information content (AvgIpc) is 2.55. The molecule has 13 heavy (non-hydrogen) atoms. The van der Waals surface area contributed by atoms with E-state index >= 15 is 0 Å². The van der Waals surface area contributed by atoms with Crippen LogP contribution < -0.4 is 0 Å². The van der Waals surface area contributed by atoms with E-state index in [2.05, 4.69) is 13.8 Å². The zero-order valence-electron chi connectivity index (χ0n) is 8.36. The molecule has 2 heteroatoms. The van der Waals surface area contributed by atoms with Gasteiger partial charge in [0.15, 0.2) is 0 Å². The summed E-state index contributed by atoms with van der Waals surface area (Å²) >= 11 is 0. The van der Waals surface area contributed by atoms with E-state index in [4.69, 9.17) is 4.42 Å². The maximum absolute atomic E-state index is 9.66. The summed E-state index contributed by atoms with van der Waals surface area (Å²) in [5, 5.41) is 9.66. The molecule has 0 bridgehead atoms. The van der Waals surface area contributed by atoms with Crippen molar-refractivity contribution in [3.63, 3.8) is 0 Å². The lowest BCUT2D eigenvalue weighted by Crippen LogP contribution is -1.96. The Labute approximate surface area is 79.6 Å². The molecule has 1 unspecified atom stereocenters. The first-order chi connectivity index (χ1) is 6.20. The number of aliphatic hydroxyl groups is 1. The second-order valence-corrected chi connectivity index (χ2v) is 3.90. The summed E-state index contributed by atoms with van der Waals surface area (Å²) in [5.41, 5.74) is 0.892. The van der Waals surface area contributed by atoms with Gasteiger partial charge in [0.1, 0.15) is 0 Å². The maximum Gasteiger partial charge on any atom is 0.0960 e. The van der Waals surface area contributed by atoms with Gasteiger partial charge in [0.2, 0.25) is 0 Å². The van der Waals surface area contributed by atoms with E-state index in [0.717, 1.165) is 24.3 Å². The van der Waals surface area contributed by atoms with Crippen molar-refractivity contribution in [2.24, 2.45) is 5.92 Å². The van der Waals surface area contributed by atoms with Gasteiger partial charge in [0.25, 0.3) is 0 Å². The molecule has 0 aliphatic rings. The van der Waals surface area contributed by atoms with Crippen molar-refractivity contribution in [1.29, 1.82) is 0 Å². The van der Waals surface area contributed by atoms with Gasteiger partial charge in [-0.1, -0.05) is 26.7 Å². The zero-order valence-corrected chi connectivity index (χ0v) is 8.36. The summed E-state index contributed by atoms with van der Waals surface area (Å²) in [7, 11) is 0. The number of rotatable bonds is 5. The third kappa shape index (κ3) is 3.64. The quantitative estimate of drug-likeness (QED) is 0.758. The SMILES string of the molecule is CC(C)CCCC(O)c1ccoc1. The van der Waals surface area contributed by atoms with Crippen molar-refractivity contribution in [3.05, 3.63) is 24.2 Å². The van der Waals surface area contributed by atoms with Crippen LogP contribution in [0.25, 0.3) is 0 Å². The number of furan rings is 1. The highest BCUT2D eigenvalue weighted by Crippen LogP contribution is 2.20. The van der Waals surface area contributed by atoms with Gasteiger partial charge in [-0.3, -0.25) is 0 Å². The Morgan fingerprint density at radius 1 is 1.38 bits per heavy atom. The topological polar surface area (TPSA) is 33.4 Å². The van der Waals surface area contributed by atoms with Gasteiger partial charge in [-0.2, -0.15) is 0 Å². The Bertz CT molecular complexity index is 214. The molecule has 0 amide bonds. The van der Waals surface area contributed by atoms with E-state index in [0.29, 0.717) is 0 Å². The van der Waals surface area contributed by atoms with Crippen LogP contribution in [-0.2, 0) is 0 Å². The summed E-state index contributed by atoms with van der Waals surface area (Å²) in [6, 6.07) is 1.82. The molecule has 0 aliphatic heterocycles. The van der Waals surface area contributed by atoms with E-state index in [1.807, 2.05) is 6.07 Å². The molecule has 0 aromatic carbocycles. The lowest BCUT2D eigenvalue weighted by atomic mass is 10.0.